The molecule has 0 radical (unpaired) electrons. The molecule has 0 bridgehead atoms. The average molecular weight is 328 g/mol. The van der Waals surface area contributed by atoms with Crippen molar-refractivity contribution in [3.8, 4) is 5.75 Å². The molecule has 0 spiro atoms. The van der Waals surface area contributed by atoms with Crippen LogP contribution in [0.3, 0.4) is 0 Å². The molecule has 0 fully saturated rings. The number of amides is 1. The smallest absolute Gasteiger partial charge is 0.345 e. The fraction of sp³-hybridized carbons (Fsp3) is 0.0667. The van der Waals surface area contributed by atoms with Gasteiger partial charge in [0.1, 0.15) is 5.75 Å². The molecule has 1 aromatic carbocycles. The molecule has 3 rings (SSSR count). The van der Waals surface area contributed by atoms with E-state index in [9.17, 15) is 9.59 Å². The minimum Gasteiger partial charge on any atom is -0.423 e. The Labute approximate surface area is 135 Å². The minimum atomic E-state index is -0.512. The van der Waals surface area contributed by atoms with Crippen LogP contribution in [-0.2, 0) is 4.79 Å². The van der Waals surface area contributed by atoms with Crippen LogP contribution in [0.15, 0.2) is 42.6 Å². The summed E-state index contributed by atoms with van der Waals surface area (Å²) in [5, 5.41) is 9.27. The van der Waals surface area contributed by atoms with Gasteiger partial charge in [-0.3, -0.25) is 14.3 Å². The molecule has 0 saturated carbocycles. The van der Waals surface area contributed by atoms with E-state index in [0.717, 1.165) is 0 Å². The summed E-state index contributed by atoms with van der Waals surface area (Å²) in [5.74, 6) is -0.304. The lowest BCUT2D eigenvalue weighted by Crippen LogP contribution is -2.10. The van der Waals surface area contributed by atoms with Gasteiger partial charge in [0.15, 0.2) is 10.4 Å². The van der Waals surface area contributed by atoms with Gasteiger partial charge in [-0.15, -0.1) is 0 Å². The van der Waals surface area contributed by atoms with Crippen LogP contribution in [0, 0.1) is 4.77 Å². The van der Waals surface area contributed by atoms with E-state index in [4.69, 9.17) is 17.0 Å². The van der Waals surface area contributed by atoms with Gasteiger partial charge in [0, 0.05) is 18.8 Å². The quantitative estimate of drug-likeness (QED) is 0.438. The molecule has 3 aromatic rings. The molecule has 116 valence electrons. The fourth-order valence-corrected chi connectivity index (χ4v) is 2.19. The highest BCUT2D eigenvalue weighted by Gasteiger charge is 2.10. The van der Waals surface area contributed by atoms with Crippen molar-refractivity contribution in [2.45, 2.75) is 6.92 Å². The molecule has 0 aliphatic heterocycles. The van der Waals surface area contributed by atoms with Crippen molar-refractivity contribution < 1.29 is 14.3 Å². The maximum atomic E-state index is 12.2. The summed E-state index contributed by atoms with van der Waals surface area (Å²) in [4.78, 5) is 23.1. The zero-order valence-corrected chi connectivity index (χ0v) is 12.9. The van der Waals surface area contributed by atoms with Crippen molar-refractivity contribution in [1.82, 2.24) is 14.6 Å². The van der Waals surface area contributed by atoms with E-state index in [2.05, 4.69) is 15.5 Å². The molecule has 7 nitrogen and oxygen atoms in total. The monoisotopic (exact) mass is 328 g/mol. The molecule has 1 amide bonds. The number of aromatic amines is 1. The van der Waals surface area contributed by atoms with Crippen LogP contribution in [0.1, 0.15) is 17.3 Å². The maximum Gasteiger partial charge on any atom is 0.345 e. The second kappa shape index (κ2) is 6.01. The largest absolute Gasteiger partial charge is 0.423 e. The molecule has 23 heavy (non-hydrogen) atoms. The van der Waals surface area contributed by atoms with Gasteiger partial charge in [0.05, 0.1) is 5.56 Å². The first-order valence-electron chi connectivity index (χ1n) is 6.69. The predicted molar refractivity (Wildman–Crippen MR) is 86.1 cm³/mol. The zero-order chi connectivity index (χ0) is 16.4. The van der Waals surface area contributed by atoms with Crippen molar-refractivity contribution in [3.63, 3.8) is 0 Å². The number of nitrogens with zero attached hydrogens (tertiary/aromatic N) is 2. The number of aromatic nitrogens is 3. The summed E-state index contributed by atoms with van der Waals surface area (Å²) in [6.07, 6.45) is 1.56. The van der Waals surface area contributed by atoms with Crippen LogP contribution in [0.2, 0.25) is 0 Å². The molecule has 0 atom stereocenters. The van der Waals surface area contributed by atoms with Crippen LogP contribution in [0.4, 0.5) is 5.69 Å². The molecule has 0 unspecified atom stereocenters. The Morgan fingerprint density at radius 2 is 1.96 bits per heavy atom. The van der Waals surface area contributed by atoms with E-state index < -0.39 is 5.97 Å². The van der Waals surface area contributed by atoms with Crippen molar-refractivity contribution >= 4 is 35.4 Å². The summed E-state index contributed by atoms with van der Waals surface area (Å²) >= 11 is 5.07. The number of pyridine rings is 1. The molecule has 8 heteroatoms. The summed E-state index contributed by atoms with van der Waals surface area (Å²) < 4.78 is 7.28. The van der Waals surface area contributed by atoms with E-state index in [-0.39, 0.29) is 5.91 Å². The number of hydrogen-bond donors (Lipinski definition) is 2. The van der Waals surface area contributed by atoms with Gasteiger partial charge >= 0.3 is 5.97 Å². The number of nitrogens with one attached hydrogen (secondary N) is 2. The van der Waals surface area contributed by atoms with Crippen molar-refractivity contribution in [2.24, 2.45) is 0 Å². The lowest BCUT2D eigenvalue weighted by Gasteiger charge is -2.06. The number of esters is 1. The third-order valence-corrected chi connectivity index (χ3v) is 3.32. The number of rotatable bonds is 3. The number of ether oxygens (including phenoxy) is 1. The number of carbonyl (C=O) groups is 2. The highest BCUT2D eigenvalue weighted by atomic mass is 32.1. The fourth-order valence-electron chi connectivity index (χ4n) is 2.00. The number of anilines is 1. The first-order chi connectivity index (χ1) is 11.0. The Morgan fingerprint density at radius 1 is 1.22 bits per heavy atom. The van der Waals surface area contributed by atoms with Crippen LogP contribution >= 0.6 is 12.2 Å². The van der Waals surface area contributed by atoms with Gasteiger partial charge in [-0.1, -0.05) is 0 Å². The Hall–Kier alpha value is -3.00. The predicted octanol–water partition coefficient (Wildman–Crippen LogP) is 2.57. The third kappa shape index (κ3) is 3.27. The van der Waals surface area contributed by atoms with E-state index in [1.807, 2.05) is 0 Å². The first-order valence-corrected chi connectivity index (χ1v) is 7.10. The zero-order valence-electron chi connectivity index (χ0n) is 12.1. The van der Waals surface area contributed by atoms with Gasteiger partial charge in [-0.05, 0) is 48.6 Å². The topological polar surface area (TPSA) is 88.5 Å². The number of H-pyrrole nitrogens is 1. The lowest BCUT2D eigenvalue weighted by molar-refractivity contribution is -0.114. The van der Waals surface area contributed by atoms with Crippen LogP contribution in [0.25, 0.3) is 5.65 Å². The number of fused-ring (bicyclic) bond motifs is 1. The minimum absolute atomic E-state index is 0.167. The van der Waals surface area contributed by atoms with Crippen molar-refractivity contribution in [1.29, 1.82) is 0 Å². The third-order valence-electron chi connectivity index (χ3n) is 3.03. The Morgan fingerprint density at radius 3 is 2.65 bits per heavy atom. The average Bonchev–Trinajstić information content (AvgIpc) is 2.89. The molecule has 0 aliphatic carbocycles. The van der Waals surface area contributed by atoms with E-state index in [1.54, 1.807) is 47.0 Å². The Kier molecular flexibility index (Phi) is 3.90. The number of carbonyl (C=O) groups excluding carboxylic acids is 2. The van der Waals surface area contributed by atoms with Gasteiger partial charge in [0.25, 0.3) is 0 Å². The number of hydrogen-bond acceptors (Lipinski definition) is 5. The Bertz CT molecular complexity index is 943. The summed E-state index contributed by atoms with van der Waals surface area (Å²) in [6.45, 7) is 1.42. The molecule has 0 aliphatic rings. The van der Waals surface area contributed by atoms with Crippen LogP contribution < -0.4 is 10.1 Å². The molecular formula is C15H12N4O3S. The standard InChI is InChI=1S/C15H12N4O3S/c1-9(20)16-11-3-5-12(6-4-11)22-14(21)10-2-7-13-17-18-15(23)19(13)8-10/h2-8H,1H3,(H,16,20)(H,18,23). The Balaban J connectivity index is 1.78. The summed E-state index contributed by atoms with van der Waals surface area (Å²) in [7, 11) is 0. The molecule has 2 heterocycles. The highest BCUT2D eigenvalue weighted by Crippen LogP contribution is 2.17. The first kappa shape index (κ1) is 14.9. The highest BCUT2D eigenvalue weighted by molar-refractivity contribution is 7.71. The normalized spacial score (nSPS) is 10.5. The summed E-state index contributed by atoms with van der Waals surface area (Å²) in [5.41, 5.74) is 1.59. The van der Waals surface area contributed by atoms with E-state index in [0.29, 0.717) is 27.4 Å². The molecule has 2 aromatic heterocycles. The van der Waals surface area contributed by atoms with Crippen molar-refractivity contribution in [2.75, 3.05) is 5.32 Å². The molecule has 0 saturated heterocycles. The van der Waals surface area contributed by atoms with Crippen LogP contribution in [0.5, 0.6) is 5.75 Å². The number of benzene rings is 1. The SMILES string of the molecule is CC(=O)Nc1ccc(OC(=O)c2ccc3n[nH]c(=S)n3c2)cc1. The van der Waals surface area contributed by atoms with E-state index in [1.165, 1.54) is 6.92 Å². The maximum absolute atomic E-state index is 12.2. The van der Waals surface area contributed by atoms with Crippen LogP contribution in [-0.4, -0.2) is 26.5 Å². The molecular weight excluding hydrogens is 316 g/mol. The lowest BCUT2D eigenvalue weighted by atomic mass is 10.2. The van der Waals surface area contributed by atoms with Crippen molar-refractivity contribution in [3.05, 3.63) is 52.9 Å². The van der Waals surface area contributed by atoms with E-state index >= 15 is 0 Å². The second-order valence-electron chi connectivity index (χ2n) is 4.77. The summed E-state index contributed by atoms with van der Waals surface area (Å²) in [6, 6.07) is 9.79. The van der Waals surface area contributed by atoms with Gasteiger partial charge in [0.2, 0.25) is 5.91 Å². The molecule has 2 N–H and O–H groups in total. The second-order valence-corrected chi connectivity index (χ2v) is 5.16. The van der Waals surface area contributed by atoms with Gasteiger partial charge in [-0.25, -0.2) is 4.79 Å². The van der Waals surface area contributed by atoms with Gasteiger partial charge in [-0.2, -0.15) is 5.10 Å². The van der Waals surface area contributed by atoms with Gasteiger partial charge < -0.3 is 10.1 Å².